The third-order valence-corrected chi connectivity index (χ3v) is 11.6. The molecule has 49 heavy (non-hydrogen) atoms. The Balaban J connectivity index is 1.33. The van der Waals surface area contributed by atoms with E-state index in [1.54, 1.807) is 12.3 Å². The van der Waals surface area contributed by atoms with Gasteiger partial charge in [0.15, 0.2) is 0 Å². The summed E-state index contributed by atoms with van der Waals surface area (Å²) in [6, 6.07) is 8.29. The van der Waals surface area contributed by atoms with Gasteiger partial charge in [-0.3, -0.25) is 23.9 Å². The molecule has 2 aromatic rings. The average Bonchev–Trinajstić information content (AvgIpc) is 4.02. The Labute approximate surface area is 286 Å². The van der Waals surface area contributed by atoms with Crippen molar-refractivity contribution < 1.29 is 41.7 Å². The lowest BCUT2D eigenvalue weighted by molar-refractivity contribution is -0.139. The van der Waals surface area contributed by atoms with Crippen LogP contribution in [0.15, 0.2) is 48.7 Å². The fourth-order valence-electron chi connectivity index (χ4n) is 6.83. The molecular formula is C32H40B2N5O9S. The summed E-state index contributed by atoms with van der Waals surface area (Å²) in [5.74, 6) is -3.48. The van der Waals surface area contributed by atoms with Gasteiger partial charge in [0.1, 0.15) is 17.7 Å². The summed E-state index contributed by atoms with van der Waals surface area (Å²) < 4.78 is 44.5. The molecule has 3 heterocycles. The summed E-state index contributed by atoms with van der Waals surface area (Å²) in [5, 5.41) is 3.88. The fraction of sp³-hybridized carbons (Fsp3) is 0.531. The van der Waals surface area contributed by atoms with Crippen molar-refractivity contribution in [1.29, 1.82) is 0 Å². The number of fused-ring (bicyclic) bond motifs is 3. The molecule has 3 fully saturated rings. The third-order valence-electron chi connectivity index (χ3n) is 9.77. The number of hydrogen-bond donors (Lipinski definition) is 3. The van der Waals surface area contributed by atoms with E-state index in [1.807, 2.05) is 36.4 Å². The molecule has 17 heteroatoms. The molecule has 0 unspecified atom stereocenters. The van der Waals surface area contributed by atoms with Crippen molar-refractivity contribution in [2.45, 2.75) is 79.9 Å². The Bertz CT molecular complexity index is 1740. The number of carbonyl (C=O) groups excluding carboxylic acids is 4. The quantitative estimate of drug-likeness (QED) is 0.196. The van der Waals surface area contributed by atoms with Gasteiger partial charge in [0.25, 0.3) is 18.5 Å². The number of sulfonamides is 1. The zero-order valence-electron chi connectivity index (χ0n) is 27.3. The molecule has 0 bridgehead atoms. The summed E-state index contributed by atoms with van der Waals surface area (Å²) in [7, 11) is -1.31. The molecule has 1 radical (unpaired) electrons. The molecule has 2 saturated carbocycles. The van der Waals surface area contributed by atoms with Crippen molar-refractivity contribution in [3.05, 3.63) is 48.7 Å². The number of pyridine rings is 1. The van der Waals surface area contributed by atoms with Crippen LogP contribution in [0.3, 0.4) is 0 Å². The van der Waals surface area contributed by atoms with Crippen LogP contribution >= 0.6 is 0 Å². The maximum atomic E-state index is 14.4. The Kier molecular flexibility index (Phi) is 10.3. The maximum absolute atomic E-state index is 14.4. The molecule has 6 rings (SSSR count). The minimum absolute atomic E-state index is 0.00371. The van der Waals surface area contributed by atoms with Gasteiger partial charge in [-0.2, -0.15) is 0 Å². The average molecular weight is 692 g/mol. The van der Waals surface area contributed by atoms with Gasteiger partial charge in [-0.1, -0.05) is 49.4 Å². The predicted molar refractivity (Wildman–Crippen MR) is 181 cm³/mol. The van der Waals surface area contributed by atoms with Crippen molar-refractivity contribution in [1.82, 2.24) is 19.9 Å². The number of benzene rings is 1. The lowest BCUT2D eigenvalue weighted by Gasteiger charge is -2.29. The van der Waals surface area contributed by atoms with Gasteiger partial charge in [-0.15, -0.1) is 0 Å². The number of ether oxygens (including phenoxy) is 2. The molecule has 1 aromatic carbocycles. The highest BCUT2D eigenvalue weighted by Crippen LogP contribution is 2.46. The standard InChI is InChI=1S/C32H40B2N5O9S/c1-46-31(43)34-13-6-2-3-8-21-16-32(21,30(42)38-49(44,45)23-10-11-23)37-27(40)26-15-22(18-39(26)29(41)25(17-34)33-47-19-35)48-28-24-9-5-4-7-20(24)12-14-36-28/h3-5,7-9,12,14,21-23,25-26H,2,6,10-11,13,15-19,35H2,1H3,(H,37,40)(H,38,42)/b8-3-/t21-,22-,25+,26+,32-/m1/s1. The number of nitrogens with two attached hydrogens (primary N) is 1. The summed E-state index contributed by atoms with van der Waals surface area (Å²) >= 11 is 0. The number of rotatable bonds is 9. The van der Waals surface area contributed by atoms with E-state index in [0.717, 1.165) is 10.8 Å². The van der Waals surface area contributed by atoms with Crippen molar-refractivity contribution in [3.8, 4) is 5.88 Å². The number of methoxy groups -OCH3 is 1. The van der Waals surface area contributed by atoms with Crippen molar-refractivity contribution >= 4 is 58.6 Å². The molecular weight excluding hydrogens is 652 g/mol. The van der Waals surface area contributed by atoms with Gasteiger partial charge < -0.3 is 30.1 Å². The van der Waals surface area contributed by atoms with Crippen molar-refractivity contribution in [2.24, 2.45) is 11.7 Å². The number of aromatic nitrogens is 1. The summed E-state index contributed by atoms with van der Waals surface area (Å²) in [5.41, 5.74) is 4.09. The number of nitrogens with one attached hydrogen (secondary N) is 2. The van der Waals surface area contributed by atoms with Gasteiger partial charge in [-0.25, -0.2) is 13.4 Å². The second kappa shape index (κ2) is 14.5. The molecule has 2 aliphatic carbocycles. The highest BCUT2D eigenvalue weighted by atomic mass is 32.2. The lowest BCUT2D eigenvalue weighted by atomic mass is 9.40. The highest BCUT2D eigenvalue weighted by molar-refractivity contribution is 7.91. The first kappa shape index (κ1) is 34.9. The first-order valence-corrected chi connectivity index (χ1v) is 18.2. The molecule has 4 N–H and O–H groups in total. The predicted octanol–water partition coefficient (Wildman–Crippen LogP) is 1.60. The van der Waals surface area contributed by atoms with Crippen LogP contribution in [0.2, 0.25) is 18.5 Å². The van der Waals surface area contributed by atoms with Crippen LogP contribution in [0.25, 0.3) is 10.8 Å². The van der Waals surface area contributed by atoms with Crippen molar-refractivity contribution in [3.63, 3.8) is 0 Å². The van der Waals surface area contributed by atoms with Crippen LogP contribution < -0.4 is 20.5 Å². The van der Waals surface area contributed by atoms with E-state index < -0.39 is 75.0 Å². The zero-order chi connectivity index (χ0) is 34.8. The number of allylic oxidation sites excluding steroid dienone is 1. The third kappa shape index (κ3) is 7.63. The first-order valence-electron chi connectivity index (χ1n) is 16.6. The van der Waals surface area contributed by atoms with Crippen LogP contribution in [0.4, 0.5) is 4.79 Å². The van der Waals surface area contributed by atoms with Gasteiger partial charge in [0.2, 0.25) is 27.7 Å². The number of carbonyl (C=O) groups is 4. The molecule has 5 atom stereocenters. The fourth-order valence-corrected chi connectivity index (χ4v) is 8.20. The summed E-state index contributed by atoms with van der Waals surface area (Å²) in [6.45, 7) is -0.853. The molecule has 1 aromatic heterocycles. The minimum Gasteiger partial charge on any atom is -0.477 e. The van der Waals surface area contributed by atoms with E-state index in [1.165, 1.54) is 19.5 Å². The second-order valence-corrected chi connectivity index (χ2v) is 15.1. The molecule has 1 saturated heterocycles. The maximum Gasteiger partial charge on any atom is 0.306 e. The largest absolute Gasteiger partial charge is 0.477 e. The van der Waals surface area contributed by atoms with E-state index in [4.69, 9.17) is 19.9 Å². The Hall–Kier alpha value is -3.95. The normalized spacial score (nSPS) is 28.3. The minimum atomic E-state index is -3.89. The lowest BCUT2D eigenvalue weighted by Crippen LogP contribution is -2.57. The SMILES string of the molecule is COC(=O)B1CCC/C=C\[C@@H]2C[C@@]2(C(=O)NS(=O)(=O)C2CC2)NC(=O)[C@@H]2C[C@@H](Oc3nccc4ccccc34)CN2C(=O)[C@@H]([B]OCN)C1. The van der Waals surface area contributed by atoms with Gasteiger partial charge >= 0.3 is 7.48 Å². The number of hydrogen-bond acceptors (Lipinski definition) is 11. The van der Waals surface area contributed by atoms with Crippen LogP contribution in [0, 0.1) is 5.92 Å². The topological polar surface area (TPSA) is 196 Å². The van der Waals surface area contributed by atoms with E-state index in [9.17, 15) is 27.6 Å². The molecule has 0 spiro atoms. The monoisotopic (exact) mass is 692 g/mol. The molecule has 4 aliphatic rings. The molecule has 3 amide bonds. The highest BCUT2D eigenvalue weighted by Gasteiger charge is 2.62. The van der Waals surface area contributed by atoms with Crippen LogP contribution in [0.1, 0.15) is 38.5 Å². The summed E-state index contributed by atoms with van der Waals surface area (Å²) in [6.07, 6.45) is 7.39. The van der Waals surface area contributed by atoms with Crippen LogP contribution in [-0.4, -0.2) is 99.4 Å². The molecule has 259 valence electrons. The molecule has 2 aliphatic heterocycles. The zero-order valence-corrected chi connectivity index (χ0v) is 28.1. The van der Waals surface area contributed by atoms with E-state index in [2.05, 4.69) is 15.0 Å². The van der Waals surface area contributed by atoms with Crippen LogP contribution in [-0.2, 0) is 33.8 Å². The first-order chi connectivity index (χ1) is 23.6. The van der Waals surface area contributed by atoms with Gasteiger partial charge in [0.05, 0.1) is 25.6 Å². The van der Waals surface area contributed by atoms with Gasteiger partial charge in [0, 0.05) is 29.7 Å². The second-order valence-electron chi connectivity index (χ2n) is 13.2. The van der Waals surface area contributed by atoms with E-state index in [-0.39, 0.29) is 32.4 Å². The van der Waals surface area contributed by atoms with Crippen LogP contribution in [0.5, 0.6) is 5.88 Å². The smallest absolute Gasteiger partial charge is 0.306 e. The van der Waals surface area contributed by atoms with Crippen molar-refractivity contribution in [2.75, 3.05) is 20.4 Å². The van der Waals surface area contributed by atoms with E-state index >= 15 is 0 Å². The summed E-state index contributed by atoms with van der Waals surface area (Å²) in [4.78, 5) is 60.8. The number of amides is 3. The molecule has 14 nitrogen and oxygen atoms in total. The van der Waals surface area contributed by atoms with E-state index in [0.29, 0.717) is 37.9 Å². The number of nitrogens with zero attached hydrogens (tertiary/aromatic N) is 2. The Morgan fingerprint density at radius 3 is 2.78 bits per heavy atom. The van der Waals surface area contributed by atoms with Gasteiger partial charge in [-0.05, 0) is 43.2 Å². The Morgan fingerprint density at radius 2 is 2.02 bits per heavy atom. The Morgan fingerprint density at radius 1 is 1.22 bits per heavy atom.